The van der Waals surface area contributed by atoms with E-state index in [0.29, 0.717) is 34.6 Å². The second-order valence-corrected chi connectivity index (χ2v) is 9.03. The lowest BCUT2D eigenvalue weighted by Gasteiger charge is -2.27. The van der Waals surface area contributed by atoms with Crippen molar-refractivity contribution in [1.29, 1.82) is 0 Å². The SMILES string of the molecule is C=CC(C)c1cc(C2=C(c3ccc(CN4CCOCC4)cc3)C(C(=O)NCC)=CCO2)c(O)cc1O. The van der Waals surface area contributed by atoms with E-state index < -0.39 is 0 Å². The fourth-order valence-corrected chi connectivity index (χ4v) is 4.53. The molecule has 0 aromatic heterocycles. The number of ether oxygens (including phenoxy) is 2. The maximum atomic E-state index is 13.0. The summed E-state index contributed by atoms with van der Waals surface area (Å²) < 4.78 is 11.5. The van der Waals surface area contributed by atoms with Crippen molar-refractivity contribution in [2.45, 2.75) is 26.3 Å². The number of nitrogens with one attached hydrogen (secondary N) is 1. The Bertz CT molecular complexity index is 1180. The van der Waals surface area contributed by atoms with Crippen LogP contribution in [0.25, 0.3) is 11.3 Å². The molecule has 3 N–H and O–H groups in total. The van der Waals surface area contributed by atoms with Gasteiger partial charge in [0.25, 0.3) is 5.91 Å². The number of benzene rings is 2. The summed E-state index contributed by atoms with van der Waals surface area (Å²) in [7, 11) is 0. The van der Waals surface area contributed by atoms with Gasteiger partial charge in [0.15, 0.2) is 0 Å². The Morgan fingerprint density at radius 2 is 1.89 bits per heavy atom. The molecular formula is C29H34N2O5. The van der Waals surface area contributed by atoms with E-state index in [0.717, 1.165) is 44.0 Å². The number of hydrogen-bond acceptors (Lipinski definition) is 6. The zero-order valence-electron chi connectivity index (χ0n) is 20.9. The molecule has 1 fully saturated rings. The van der Waals surface area contributed by atoms with Crippen molar-refractivity contribution in [1.82, 2.24) is 10.2 Å². The van der Waals surface area contributed by atoms with E-state index in [2.05, 4.69) is 28.9 Å². The quantitative estimate of drug-likeness (QED) is 0.481. The van der Waals surface area contributed by atoms with E-state index in [1.807, 2.05) is 26.0 Å². The molecule has 2 aliphatic rings. The standard InChI is InChI=1S/C29H34N2O5/c1-4-19(3)23-16-24(26(33)17-25(23)32)28-27(22(10-13-36-28)29(34)30-5-2)21-8-6-20(7-9-21)18-31-11-14-35-15-12-31/h4,6-10,16-17,19,32-33H,1,5,11-15,18H2,2-3H3,(H,30,34). The molecule has 7 nitrogen and oxygen atoms in total. The maximum Gasteiger partial charge on any atom is 0.251 e. The molecule has 2 aromatic rings. The van der Waals surface area contributed by atoms with E-state index in [4.69, 9.17) is 9.47 Å². The summed E-state index contributed by atoms with van der Waals surface area (Å²) in [4.78, 5) is 15.4. The highest BCUT2D eigenvalue weighted by atomic mass is 16.5. The molecule has 2 aliphatic heterocycles. The van der Waals surface area contributed by atoms with Gasteiger partial charge < -0.3 is 25.0 Å². The lowest BCUT2D eigenvalue weighted by Crippen LogP contribution is -2.35. The Balaban J connectivity index is 1.79. The second-order valence-electron chi connectivity index (χ2n) is 9.03. The minimum absolute atomic E-state index is 0.0198. The number of rotatable bonds is 8. The van der Waals surface area contributed by atoms with Gasteiger partial charge in [-0.1, -0.05) is 37.3 Å². The average molecular weight is 491 g/mol. The summed E-state index contributed by atoms with van der Waals surface area (Å²) in [6.07, 6.45) is 3.48. The highest BCUT2D eigenvalue weighted by molar-refractivity contribution is 6.15. The number of amides is 1. The molecule has 36 heavy (non-hydrogen) atoms. The molecule has 1 atom stereocenters. The van der Waals surface area contributed by atoms with Gasteiger partial charge >= 0.3 is 0 Å². The molecule has 0 radical (unpaired) electrons. The monoisotopic (exact) mass is 490 g/mol. The van der Waals surface area contributed by atoms with Crippen molar-refractivity contribution in [3.8, 4) is 11.5 Å². The van der Waals surface area contributed by atoms with Crippen molar-refractivity contribution in [3.63, 3.8) is 0 Å². The first-order chi connectivity index (χ1) is 17.4. The zero-order chi connectivity index (χ0) is 25.7. The van der Waals surface area contributed by atoms with Gasteiger partial charge in [-0.15, -0.1) is 6.58 Å². The van der Waals surface area contributed by atoms with Crippen molar-refractivity contribution < 1.29 is 24.5 Å². The second kappa shape index (κ2) is 11.5. The number of phenolic OH excluding ortho intramolecular Hbond substituents is 2. The predicted octanol–water partition coefficient (Wildman–Crippen LogP) is 4.18. The molecule has 7 heteroatoms. The fourth-order valence-electron chi connectivity index (χ4n) is 4.53. The first kappa shape index (κ1) is 25.5. The van der Waals surface area contributed by atoms with Crippen LogP contribution in [0.2, 0.25) is 0 Å². The molecule has 0 saturated carbocycles. The summed E-state index contributed by atoms with van der Waals surface area (Å²) in [6, 6.07) is 11.1. The smallest absolute Gasteiger partial charge is 0.251 e. The highest BCUT2D eigenvalue weighted by Gasteiger charge is 2.28. The first-order valence-electron chi connectivity index (χ1n) is 12.4. The number of phenols is 2. The largest absolute Gasteiger partial charge is 0.508 e. The summed E-state index contributed by atoms with van der Waals surface area (Å²) in [6.45, 7) is 12.4. The maximum absolute atomic E-state index is 13.0. The number of hydrogen-bond donors (Lipinski definition) is 3. The van der Waals surface area contributed by atoms with Crippen LogP contribution in [-0.4, -0.2) is 60.5 Å². The summed E-state index contributed by atoms with van der Waals surface area (Å²) in [5, 5.41) is 24.1. The van der Waals surface area contributed by atoms with Gasteiger partial charge in [0.2, 0.25) is 0 Å². The van der Waals surface area contributed by atoms with Crippen molar-refractivity contribution in [2.75, 3.05) is 39.5 Å². The van der Waals surface area contributed by atoms with Gasteiger partial charge in [0, 0.05) is 49.3 Å². The number of carbonyl (C=O) groups is 1. The Hall–Kier alpha value is -3.55. The molecule has 1 amide bonds. The molecule has 1 unspecified atom stereocenters. The van der Waals surface area contributed by atoms with Gasteiger partial charge in [-0.25, -0.2) is 0 Å². The number of nitrogens with zero attached hydrogens (tertiary/aromatic N) is 1. The first-order valence-corrected chi connectivity index (χ1v) is 12.4. The summed E-state index contributed by atoms with van der Waals surface area (Å²) in [5.41, 5.74) is 4.09. The normalized spacial score (nSPS) is 17.2. The Labute approximate surface area is 212 Å². The van der Waals surface area contributed by atoms with Crippen molar-refractivity contribution in [3.05, 3.63) is 83.0 Å². The van der Waals surface area contributed by atoms with Crippen LogP contribution in [0.5, 0.6) is 11.5 Å². The van der Waals surface area contributed by atoms with E-state index in [1.54, 1.807) is 18.2 Å². The molecule has 0 aliphatic carbocycles. The fraction of sp³-hybridized carbons (Fsp3) is 0.345. The van der Waals surface area contributed by atoms with Crippen LogP contribution in [0.4, 0.5) is 0 Å². The van der Waals surface area contributed by atoms with Gasteiger partial charge in [-0.3, -0.25) is 9.69 Å². The Morgan fingerprint density at radius 1 is 1.17 bits per heavy atom. The van der Waals surface area contributed by atoms with Gasteiger partial charge in [-0.2, -0.15) is 0 Å². The van der Waals surface area contributed by atoms with Gasteiger partial charge in [0.05, 0.1) is 24.4 Å². The molecule has 2 aromatic carbocycles. The van der Waals surface area contributed by atoms with Crippen LogP contribution >= 0.6 is 0 Å². The third-order valence-electron chi connectivity index (χ3n) is 6.58. The third-order valence-corrected chi connectivity index (χ3v) is 6.58. The van der Waals surface area contributed by atoms with Crippen LogP contribution < -0.4 is 5.32 Å². The highest BCUT2D eigenvalue weighted by Crippen LogP contribution is 2.42. The van der Waals surface area contributed by atoms with E-state index in [1.165, 1.54) is 6.07 Å². The number of carbonyl (C=O) groups excluding carboxylic acids is 1. The van der Waals surface area contributed by atoms with E-state index in [9.17, 15) is 15.0 Å². The Morgan fingerprint density at radius 3 is 2.56 bits per heavy atom. The Kier molecular flexibility index (Phi) is 8.13. The predicted molar refractivity (Wildman–Crippen MR) is 140 cm³/mol. The summed E-state index contributed by atoms with van der Waals surface area (Å²) in [5.74, 6) is -0.0946. The van der Waals surface area contributed by atoms with Gasteiger partial charge in [0.1, 0.15) is 23.9 Å². The minimum Gasteiger partial charge on any atom is -0.508 e. The van der Waals surface area contributed by atoms with Crippen LogP contribution in [0, 0.1) is 0 Å². The van der Waals surface area contributed by atoms with Crippen LogP contribution in [0.15, 0.2) is 60.7 Å². The number of morpholine rings is 1. The molecule has 2 heterocycles. The minimum atomic E-state index is -0.205. The van der Waals surface area contributed by atoms with Crippen LogP contribution in [0.3, 0.4) is 0 Å². The number of allylic oxidation sites excluding steroid dienone is 1. The van der Waals surface area contributed by atoms with Crippen molar-refractivity contribution in [2.24, 2.45) is 0 Å². The molecule has 4 rings (SSSR count). The number of likely N-dealkylation sites (N-methyl/N-ethyl adjacent to an activating group) is 1. The third kappa shape index (κ3) is 5.48. The molecule has 190 valence electrons. The average Bonchev–Trinajstić information content (AvgIpc) is 2.89. The van der Waals surface area contributed by atoms with E-state index >= 15 is 0 Å². The van der Waals surface area contributed by atoms with E-state index in [-0.39, 0.29) is 29.9 Å². The van der Waals surface area contributed by atoms with Gasteiger partial charge in [-0.05, 0) is 30.2 Å². The summed E-state index contributed by atoms with van der Waals surface area (Å²) >= 11 is 0. The molecule has 0 spiro atoms. The lowest BCUT2D eigenvalue weighted by molar-refractivity contribution is -0.117. The molecular weight excluding hydrogens is 456 g/mol. The molecule has 1 saturated heterocycles. The van der Waals surface area contributed by atoms with Crippen molar-refractivity contribution >= 4 is 17.2 Å². The lowest BCUT2D eigenvalue weighted by atomic mass is 9.89. The van der Waals surface area contributed by atoms with Crippen LogP contribution in [0.1, 0.15) is 42.0 Å². The van der Waals surface area contributed by atoms with Crippen LogP contribution in [-0.2, 0) is 20.8 Å². The molecule has 0 bridgehead atoms. The topological polar surface area (TPSA) is 91.3 Å². The zero-order valence-corrected chi connectivity index (χ0v) is 20.9. The number of aromatic hydroxyl groups is 2.